The first-order chi connectivity index (χ1) is 9.92. The Kier molecular flexibility index (Phi) is 5.06. The molecule has 2 rings (SSSR count). The minimum atomic E-state index is 0.411. The summed E-state index contributed by atoms with van der Waals surface area (Å²) < 4.78 is 0. The lowest BCUT2D eigenvalue weighted by atomic mass is 9.83. The molecule has 0 radical (unpaired) electrons. The summed E-state index contributed by atoms with van der Waals surface area (Å²) in [6, 6.07) is 19.1. The lowest BCUT2D eigenvalue weighted by molar-refractivity contribution is 0.306. The van der Waals surface area contributed by atoms with E-state index in [-0.39, 0.29) is 0 Å². The highest BCUT2D eigenvalue weighted by Crippen LogP contribution is 2.27. The summed E-state index contributed by atoms with van der Waals surface area (Å²) in [5.41, 5.74) is 4.11. The van der Waals surface area contributed by atoms with Gasteiger partial charge in [0.1, 0.15) is 0 Å². The number of hydrogen-bond acceptors (Lipinski definition) is 1. The van der Waals surface area contributed by atoms with Crippen LogP contribution in [0.4, 0.5) is 11.4 Å². The number of nitrogens with one attached hydrogen (secondary N) is 1. The largest absolute Gasteiger partial charge is 0.356 e. The molecule has 2 aromatic carbocycles. The van der Waals surface area contributed by atoms with Crippen molar-refractivity contribution in [1.82, 2.24) is 0 Å². The zero-order valence-electron chi connectivity index (χ0n) is 13.7. The summed E-state index contributed by atoms with van der Waals surface area (Å²) in [7, 11) is 0. The fourth-order valence-corrected chi connectivity index (χ4v) is 2.93. The van der Waals surface area contributed by atoms with Gasteiger partial charge in [-0.1, -0.05) is 58.0 Å². The average Bonchev–Trinajstić information content (AvgIpc) is 2.40. The summed E-state index contributed by atoms with van der Waals surface area (Å²) >= 11 is 0. The van der Waals surface area contributed by atoms with E-state index in [1.807, 2.05) is 18.2 Å². The van der Waals surface area contributed by atoms with E-state index in [9.17, 15) is 0 Å². The molecule has 0 aromatic heterocycles. The Hall–Kier alpha value is -1.76. The first kappa shape index (κ1) is 15.6. The van der Waals surface area contributed by atoms with Crippen LogP contribution in [0.15, 0.2) is 54.6 Å². The van der Waals surface area contributed by atoms with Crippen LogP contribution in [0.2, 0.25) is 0 Å². The monoisotopic (exact) mass is 281 g/mol. The normalized spacial score (nSPS) is 13.0. The molecule has 0 aliphatic carbocycles. The molecular formula is C20H27N. The highest BCUT2D eigenvalue weighted by atomic mass is 14.9. The van der Waals surface area contributed by atoms with E-state index < -0.39 is 0 Å². The van der Waals surface area contributed by atoms with Crippen LogP contribution in [0.3, 0.4) is 0 Å². The minimum Gasteiger partial charge on any atom is -0.356 e. The lowest BCUT2D eigenvalue weighted by Crippen LogP contribution is -2.12. The summed E-state index contributed by atoms with van der Waals surface area (Å²) in [6.45, 7) is 9.30. The summed E-state index contributed by atoms with van der Waals surface area (Å²) in [4.78, 5) is 0. The van der Waals surface area contributed by atoms with E-state index in [2.05, 4.69) is 69.4 Å². The first-order valence-corrected chi connectivity index (χ1v) is 7.83. The van der Waals surface area contributed by atoms with Gasteiger partial charge < -0.3 is 5.32 Å². The number of para-hydroxylation sites is 1. The van der Waals surface area contributed by atoms with Gasteiger partial charge in [-0.2, -0.15) is 0 Å². The molecule has 1 nitrogen and oxygen atoms in total. The van der Waals surface area contributed by atoms with Gasteiger partial charge in [0.2, 0.25) is 0 Å². The number of rotatable bonds is 5. The van der Waals surface area contributed by atoms with Crippen molar-refractivity contribution in [1.29, 1.82) is 0 Å². The van der Waals surface area contributed by atoms with Crippen molar-refractivity contribution in [3.63, 3.8) is 0 Å². The van der Waals surface area contributed by atoms with Gasteiger partial charge in [0.05, 0.1) is 0 Å². The Bertz CT molecular complexity index is 534. The lowest BCUT2D eigenvalue weighted by Gasteiger charge is -2.23. The van der Waals surface area contributed by atoms with Crippen molar-refractivity contribution in [3.8, 4) is 0 Å². The fourth-order valence-electron chi connectivity index (χ4n) is 2.93. The molecule has 0 bridgehead atoms. The molecular weight excluding hydrogens is 254 g/mol. The van der Waals surface area contributed by atoms with Crippen molar-refractivity contribution in [2.75, 3.05) is 5.32 Å². The molecule has 0 aliphatic rings. The molecule has 112 valence electrons. The third-order valence-corrected chi connectivity index (χ3v) is 3.56. The molecule has 0 fully saturated rings. The standard InChI is InChI=1S/C20H27N/c1-16(15-20(2,3)4)14-17-10-12-19(13-11-17)21-18-8-6-5-7-9-18/h5-13,16,21H,14-15H2,1-4H3/t16-/m0/s1. The average molecular weight is 281 g/mol. The maximum Gasteiger partial charge on any atom is 0.0384 e. The fraction of sp³-hybridized carbons (Fsp3) is 0.400. The van der Waals surface area contributed by atoms with E-state index in [1.165, 1.54) is 12.0 Å². The molecule has 0 spiro atoms. The summed E-state index contributed by atoms with van der Waals surface area (Å²) in [6.07, 6.45) is 2.42. The first-order valence-electron chi connectivity index (χ1n) is 7.83. The Labute approximate surface area is 129 Å². The van der Waals surface area contributed by atoms with E-state index >= 15 is 0 Å². The molecule has 1 atom stereocenters. The van der Waals surface area contributed by atoms with Crippen LogP contribution < -0.4 is 5.32 Å². The Morgan fingerprint density at radius 3 is 2.00 bits per heavy atom. The molecule has 21 heavy (non-hydrogen) atoms. The van der Waals surface area contributed by atoms with Gasteiger partial charge in [-0.3, -0.25) is 0 Å². The molecule has 0 saturated carbocycles. The molecule has 0 heterocycles. The highest BCUT2D eigenvalue weighted by molar-refractivity contribution is 5.59. The van der Waals surface area contributed by atoms with Gasteiger partial charge in [-0.05, 0) is 54.0 Å². The third kappa shape index (κ3) is 5.63. The van der Waals surface area contributed by atoms with E-state index in [1.54, 1.807) is 0 Å². The van der Waals surface area contributed by atoms with Gasteiger partial charge in [0, 0.05) is 11.4 Å². The third-order valence-electron chi connectivity index (χ3n) is 3.56. The second-order valence-electron chi connectivity index (χ2n) is 7.26. The molecule has 2 aromatic rings. The van der Waals surface area contributed by atoms with Crippen LogP contribution >= 0.6 is 0 Å². The van der Waals surface area contributed by atoms with Gasteiger partial charge in [0.15, 0.2) is 0 Å². The van der Waals surface area contributed by atoms with Crippen LogP contribution in [0.25, 0.3) is 0 Å². The van der Waals surface area contributed by atoms with Crippen LogP contribution in [0.5, 0.6) is 0 Å². The Morgan fingerprint density at radius 1 is 0.857 bits per heavy atom. The van der Waals surface area contributed by atoms with Gasteiger partial charge in [-0.25, -0.2) is 0 Å². The van der Waals surface area contributed by atoms with Gasteiger partial charge in [0.25, 0.3) is 0 Å². The number of anilines is 2. The number of benzene rings is 2. The van der Waals surface area contributed by atoms with Crippen molar-refractivity contribution >= 4 is 11.4 Å². The van der Waals surface area contributed by atoms with Crippen molar-refractivity contribution in [2.45, 2.75) is 40.5 Å². The Balaban J connectivity index is 1.93. The van der Waals surface area contributed by atoms with Gasteiger partial charge >= 0.3 is 0 Å². The minimum absolute atomic E-state index is 0.411. The number of hydrogen-bond donors (Lipinski definition) is 1. The van der Waals surface area contributed by atoms with Crippen LogP contribution in [0, 0.1) is 11.3 Å². The summed E-state index contributed by atoms with van der Waals surface area (Å²) in [5, 5.41) is 3.42. The van der Waals surface area contributed by atoms with Crippen LogP contribution in [-0.2, 0) is 6.42 Å². The van der Waals surface area contributed by atoms with E-state index in [0.717, 1.165) is 23.7 Å². The second kappa shape index (κ2) is 6.80. The Morgan fingerprint density at radius 2 is 1.43 bits per heavy atom. The SMILES string of the molecule is C[C@@H](Cc1ccc(Nc2ccccc2)cc1)CC(C)(C)C. The molecule has 0 aliphatic heterocycles. The molecule has 0 saturated heterocycles. The molecule has 1 heteroatoms. The summed E-state index contributed by atoms with van der Waals surface area (Å²) in [5.74, 6) is 0.720. The maximum atomic E-state index is 3.42. The van der Waals surface area contributed by atoms with Gasteiger partial charge in [-0.15, -0.1) is 0 Å². The second-order valence-corrected chi connectivity index (χ2v) is 7.26. The quantitative estimate of drug-likeness (QED) is 0.704. The molecule has 1 N–H and O–H groups in total. The van der Waals surface area contributed by atoms with Crippen molar-refractivity contribution in [3.05, 3.63) is 60.2 Å². The predicted octanol–water partition coefficient (Wildman–Crippen LogP) is 6.05. The zero-order valence-corrected chi connectivity index (χ0v) is 13.7. The highest BCUT2D eigenvalue weighted by Gasteiger charge is 2.15. The molecule has 0 unspecified atom stereocenters. The van der Waals surface area contributed by atoms with Crippen LogP contribution in [-0.4, -0.2) is 0 Å². The van der Waals surface area contributed by atoms with E-state index in [0.29, 0.717) is 5.41 Å². The topological polar surface area (TPSA) is 12.0 Å². The van der Waals surface area contributed by atoms with Crippen molar-refractivity contribution < 1.29 is 0 Å². The maximum absolute atomic E-state index is 3.42. The van der Waals surface area contributed by atoms with E-state index in [4.69, 9.17) is 0 Å². The van der Waals surface area contributed by atoms with Crippen molar-refractivity contribution in [2.24, 2.45) is 11.3 Å². The van der Waals surface area contributed by atoms with Crippen LogP contribution in [0.1, 0.15) is 39.7 Å². The predicted molar refractivity (Wildman–Crippen MR) is 93.1 cm³/mol. The molecule has 0 amide bonds. The zero-order chi connectivity index (χ0) is 15.3. The smallest absolute Gasteiger partial charge is 0.0384 e.